The Kier molecular flexibility index (Phi) is 22.5. The third-order valence-electron chi connectivity index (χ3n) is 10.0. The van der Waals surface area contributed by atoms with Crippen molar-refractivity contribution in [3.8, 4) is 0 Å². The van der Waals surface area contributed by atoms with Gasteiger partial charge in [0.05, 0.1) is 27.6 Å². The lowest BCUT2D eigenvalue weighted by Gasteiger charge is -2.30. The van der Waals surface area contributed by atoms with E-state index in [0.29, 0.717) is 38.8 Å². The number of thiophene rings is 2. The van der Waals surface area contributed by atoms with Crippen LogP contribution in [0.2, 0.25) is 10.0 Å². The van der Waals surface area contributed by atoms with Gasteiger partial charge in [-0.3, -0.25) is 9.59 Å². The van der Waals surface area contributed by atoms with Crippen LogP contribution in [-0.2, 0) is 25.4 Å². The molecular formula is C45H60Cl2N8O7S3. The Bertz CT molecular complexity index is 2480. The summed E-state index contributed by atoms with van der Waals surface area (Å²) >= 11 is 15.4. The van der Waals surface area contributed by atoms with Gasteiger partial charge in [0, 0.05) is 39.4 Å². The van der Waals surface area contributed by atoms with Gasteiger partial charge >= 0.3 is 11.9 Å². The number of sulfonamides is 1. The number of guanidine groups is 1. The smallest absolute Gasteiger partial charge is 0.307 e. The van der Waals surface area contributed by atoms with Crippen LogP contribution >= 0.6 is 45.9 Å². The molecule has 354 valence electrons. The molecule has 12 N–H and O–H groups in total. The molecule has 20 heteroatoms. The average Bonchev–Trinajstić information content (AvgIpc) is 4.00. The monoisotopic (exact) mass is 990 g/mol. The average molecular weight is 992 g/mol. The van der Waals surface area contributed by atoms with Crippen molar-refractivity contribution < 1.29 is 32.7 Å². The third kappa shape index (κ3) is 17.8. The zero-order valence-corrected chi connectivity index (χ0v) is 41.0. The number of rotatable bonds is 15. The maximum absolute atomic E-state index is 11.2. The molecule has 5 aromatic rings. The van der Waals surface area contributed by atoms with Crippen molar-refractivity contribution in [3.63, 3.8) is 0 Å². The fraction of sp³-hybridized carbons (Fsp3) is 0.378. The number of para-hydroxylation sites is 1. The highest BCUT2D eigenvalue weighted by molar-refractivity contribution is 7.88. The molecule has 15 nitrogen and oxygen atoms in total. The molecule has 0 aliphatic carbocycles. The molecule has 0 radical (unpaired) electrons. The minimum absolute atomic E-state index is 0.0100. The van der Waals surface area contributed by atoms with E-state index in [1.807, 2.05) is 13.8 Å². The first kappa shape index (κ1) is 54.4. The lowest BCUT2D eigenvalue weighted by atomic mass is 9.98. The van der Waals surface area contributed by atoms with Crippen LogP contribution in [0.4, 0.5) is 0 Å². The second-order valence-corrected chi connectivity index (χ2v) is 19.5. The molecule has 1 aliphatic rings. The highest BCUT2D eigenvalue weighted by Crippen LogP contribution is 2.36. The predicted molar refractivity (Wildman–Crippen MR) is 266 cm³/mol. The molecule has 1 saturated heterocycles. The van der Waals surface area contributed by atoms with Gasteiger partial charge in [-0.2, -0.15) is 4.99 Å². The summed E-state index contributed by atoms with van der Waals surface area (Å²) in [4.78, 5) is 30.4. The number of nitrogens with two attached hydrogens (primary N) is 5. The minimum Gasteiger partial charge on any atom is -0.481 e. The summed E-state index contributed by atoms with van der Waals surface area (Å²) < 4.78 is 26.6. The number of carboxylic acid groups (broad SMARTS) is 2. The van der Waals surface area contributed by atoms with Gasteiger partial charge < -0.3 is 42.6 Å². The minimum atomic E-state index is -3.56. The van der Waals surface area contributed by atoms with Gasteiger partial charge in [-0.05, 0) is 105 Å². The summed E-state index contributed by atoms with van der Waals surface area (Å²) in [5, 5.41) is 32.1. The van der Waals surface area contributed by atoms with Gasteiger partial charge in [-0.15, -0.1) is 22.7 Å². The van der Waals surface area contributed by atoms with Gasteiger partial charge in [0.15, 0.2) is 17.4 Å². The van der Waals surface area contributed by atoms with Crippen LogP contribution in [0.25, 0.3) is 22.2 Å². The van der Waals surface area contributed by atoms with Gasteiger partial charge in [-0.1, -0.05) is 85.4 Å². The molecule has 2 aromatic carbocycles. The van der Waals surface area contributed by atoms with E-state index in [2.05, 4.69) is 57.9 Å². The number of likely N-dealkylation sites (tertiary alicyclic amines) is 1. The molecule has 1 aliphatic heterocycles. The molecule has 0 amide bonds. The molecule has 0 unspecified atom stereocenters. The maximum Gasteiger partial charge on any atom is 0.307 e. The third-order valence-corrected chi connectivity index (χ3v) is 13.6. The Morgan fingerprint density at radius 2 is 1.57 bits per heavy atom. The first-order chi connectivity index (χ1) is 30.8. The Labute approximate surface area is 399 Å². The number of carboxylic acids is 2. The molecule has 6 rings (SSSR count). The number of hydrogen-bond donors (Lipinski definition) is 7. The number of primary sulfonamides is 1. The van der Waals surface area contributed by atoms with Crippen LogP contribution in [0, 0.1) is 25.7 Å². The lowest BCUT2D eigenvalue weighted by Crippen LogP contribution is -2.39. The summed E-state index contributed by atoms with van der Waals surface area (Å²) in [7, 11) is -3.56. The number of carbonyl (C=O) groups is 2. The van der Waals surface area contributed by atoms with Crippen molar-refractivity contribution in [2.24, 2.45) is 44.9 Å². The normalized spacial score (nSPS) is 14.1. The number of aliphatic imine (C=N–C) groups is 1. The largest absolute Gasteiger partial charge is 0.481 e. The highest BCUT2D eigenvalue weighted by Gasteiger charge is 2.25. The molecule has 0 bridgehead atoms. The molecule has 65 heavy (non-hydrogen) atoms. The molecule has 1 fully saturated rings. The number of aryl methyl sites for hydroxylation is 2. The number of hydrogen-bond acceptors (Lipinski definition) is 12. The zero-order chi connectivity index (χ0) is 48.3. The summed E-state index contributed by atoms with van der Waals surface area (Å²) in [6.45, 7) is 11.0. The number of halogens is 2. The zero-order valence-electron chi connectivity index (χ0n) is 37.0. The topological polar surface area (TPSA) is 280 Å². The number of nitrogens with zero attached hydrogens (tertiary/aromatic N) is 3. The molecular weight excluding hydrogens is 932 g/mol. The van der Waals surface area contributed by atoms with Crippen LogP contribution in [0.5, 0.6) is 0 Å². The summed E-state index contributed by atoms with van der Waals surface area (Å²) in [5.74, 6) is -2.08. The second-order valence-electron chi connectivity index (χ2n) is 15.2. The fourth-order valence-corrected chi connectivity index (χ4v) is 9.81. The standard InChI is InChI=1S/C20H25NO2S2.C9H11Cl2N5.C8H8N2O3S.C8H16O2/c1-14-7-11-24-18(14)17(19-15(2)8-12-25-19)6-4-10-21-9-3-5-16(13-21)20(22)23;10-5-3-1-2-4(6(5)11)7(12)8(13)16-9(14)15;9-14(11,12)5-7-6-3-1-2-4-8(6)13-10-7;1-3-5-7(6-4-2)8(9)10/h6-8,11-12,16H,3-5,9-10,13H2,1-2H3,(H,22,23);1-3H,12-13H2,(H4,14,15,16);1-4H,5H2,(H2,9,11,12);7H,3-6H2,1-2H3,(H,9,10)/b;8-7-;;/t16-;;;/m1.../s1. The molecule has 0 saturated carbocycles. The Hall–Kier alpha value is -4.95. The Morgan fingerprint density at radius 3 is 2.09 bits per heavy atom. The van der Waals surface area contributed by atoms with E-state index in [1.165, 1.54) is 26.5 Å². The molecule has 4 heterocycles. The molecule has 1 atom stereocenters. The Balaban J connectivity index is 0.000000244. The van der Waals surface area contributed by atoms with E-state index in [0.717, 1.165) is 58.0 Å². The van der Waals surface area contributed by atoms with Crippen LogP contribution < -0.4 is 28.1 Å². The van der Waals surface area contributed by atoms with Crippen molar-refractivity contribution in [2.75, 3.05) is 19.6 Å². The first-order valence-corrected chi connectivity index (χ1v) is 25.1. The van der Waals surface area contributed by atoms with Gasteiger partial charge in [0.2, 0.25) is 10.0 Å². The van der Waals surface area contributed by atoms with E-state index < -0.39 is 22.0 Å². The van der Waals surface area contributed by atoms with Crippen molar-refractivity contribution >= 4 is 96.0 Å². The first-order valence-electron chi connectivity index (χ1n) is 20.9. The number of fused-ring (bicyclic) bond motifs is 1. The summed E-state index contributed by atoms with van der Waals surface area (Å²) in [6, 6.07) is 16.4. The van der Waals surface area contributed by atoms with Crippen molar-refractivity contribution in [2.45, 2.75) is 78.4 Å². The van der Waals surface area contributed by atoms with Crippen molar-refractivity contribution in [1.82, 2.24) is 10.1 Å². The van der Waals surface area contributed by atoms with Crippen LogP contribution in [-0.4, -0.2) is 66.2 Å². The van der Waals surface area contributed by atoms with E-state index in [4.69, 9.17) is 60.9 Å². The van der Waals surface area contributed by atoms with E-state index in [9.17, 15) is 23.1 Å². The van der Waals surface area contributed by atoms with Gasteiger partial charge in [-0.25, -0.2) is 13.6 Å². The van der Waals surface area contributed by atoms with Crippen molar-refractivity contribution in [3.05, 3.63) is 119 Å². The SMILES string of the molecule is CCCC(CCC)C(=O)O.Cc1ccsc1C(=CCCN1CCC[C@@H](C(=O)O)C1)c1sccc1C.NC(N)=N/C(N)=C(\N)c1cccc(Cl)c1Cl.NS(=O)(=O)Cc1noc2ccccc12. The van der Waals surface area contributed by atoms with Crippen LogP contribution in [0.15, 0.2) is 86.8 Å². The summed E-state index contributed by atoms with van der Waals surface area (Å²) in [6.07, 6.45) is 8.69. The van der Waals surface area contributed by atoms with Crippen molar-refractivity contribution in [1.29, 1.82) is 0 Å². The van der Waals surface area contributed by atoms with Gasteiger partial charge in [0.1, 0.15) is 11.4 Å². The number of benzene rings is 2. The number of piperidine rings is 1. The predicted octanol–water partition coefficient (Wildman–Crippen LogP) is 8.76. The summed E-state index contributed by atoms with van der Waals surface area (Å²) in [5.41, 5.74) is 27.2. The second kappa shape index (κ2) is 26.9. The van der Waals surface area contributed by atoms with Gasteiger partial charge in [0.25, 0.3) is 0 Å². The fourth-order valence-electron chi connectivity index (χ4n) is 6.81. The number of aromatic nitrogens is 1. The van der Waals surface area contributed by atoms with E-state index >= 15 is 0 Å². The number of aliphatic carboxylic acids is 2. The molecule has 3 aromatic heterocycles. The molecule has 0 spiro atoms. The quantitative estimate of drug-likeness (QED) is 0.0382. The lowest BCUT2D eigenvalue weighted by molar-refractivity contribution is -0.144. The van der Waals surface area contributed by atoms with Crippen LogP contribution in [0.1, 0.15) is 90.9 Å². The Morgan fingerprint density at radius 1 is 0.954 bits per heavy atom. The highest BCUT2D eigenvalue weighted by atomic mass is 35.5. The van der Waals surface area contributed by atoms with E-state index in [-0.39, 0.29) is 35.1 Å². The maximum atomic E-state index is 11.2. The van der Waals surface area contributed by atoms with E-state index in [1.54, 1.807) is 65.1 Å². The van der Waals surface area contributed by atoms with Crippen LogP contribution in [0.3, 0.4) is 0 Å².